The van der Waals surface area contributed by atoms with Crippen molar-refractivity contribution in [3.8, 4) is 5.75 Å². The number of carbonyl (C=O) groups is 1. The molecular formula is C23H26N4O2S. The number of ketones is 1. The monoisotopic (exact) mass is 422 g/mol. The summed E-state index contributed by atoms with van der Waals surface area (Å²) in [6, 6.07) is 10.1. The number of allylic oxidation sites excluding steroid dienone is 1. The first-order valence-electron chi connectivity index (χ1n) is 10.2. The molecule has 2 heterocycles. The van der Waals surface area contributed by atoms with E-state index in [1.54, 1.807) is 18.4 Å². The van der Waals surface area contributed by atoms with Crippen molar-refractivity contribution in [1.82, 2.24) is 9.97 Å². The Morgan fingerprint density at radius 3 is 2.87 bits per heavy atom. The van der Waals surface area contributed by atoms with Crippen LogP contribution in [0.5, 0.6) is 5.75 Å². The fourth-order valence-corrected chi connectivity index (χ4v) is 4.70. The number of anilines is 3. The van der Waals surface area contributed by atoms with Crippen molar-refractivity contribution in [2.24, 2.45) is 5.92 Å². The Hall–Kier alpha value is -2.93. The maximum Gasteiger partial charge on any atom is 0.229 e. The molecule has 1 aliphatic rings. The molecule has 4 rings (SSSR count). The molecule has 6 nitrogen and oxygen atoms in total. The Bertz CT molecular complexity index is 1040. The number of hydrogen-bond acceptors (Lipinski definition) is 7. The van der Waals surface area contributed by atoms with Crippen LogP contribution in [0.3, 0.4) is 0 Å². The second-order valence-corrected chi connectivity index (χ2v) is 8.54. The molecule has 2 aromatic heterocycles. The molecule has 7 heteroatoms. The summed E-state index contributed by atoms with van der Waals surface area (Å²) in [5.41, 5.74) is 1.80. The summed E-state index contributed by atoms with van der Waals surface area (Å²) in [7, 11) is 1.65. The van der Waals surface area contributed by atoms with Crippen LogP contribution in [0.2, 0.25) is 0 Å². The van der Waals surface area contributed by atoms with E-state index in [-0.39, 0.29) is 5.78 Å². The Balaban J connectivity index is 1.48. The van der Waals surface area contributed by atoms with Crippen LogP contribution in [0.1, 0.15) is 32.1 Å². The van der Waals surface area contributed by atoms with E-state index in [1.165, 1.54) is 6.08 Å². The SMILES string of the molecule is C=CC(=O)CC1CCC(Nc2nc(Nc3cccc(OC)c3)nc3ccsc23)CC1. The van der Waals surface area contributed by atoms with Crippen molar-refractivity contribution in [3.05, 3.63) is 48.4 Å². The molecule has 0 saturated heterocycles. The van der Waals surface area contributed by atoms with Crippen LogP contribution in [0.4, 0.5) is 17.5 Å². The van der Waals surface area contributed by atoms with Gasteiger partial charge in [-0.1, -0.05) is 12.6 Å². The Morgan fingerprint density at radius 2 is 2.10 bits per heavy atom. The third kappa shape index (κ3) is 4.79. The first-order valence-corrected chi connectivity index (χ1v) is 11.1. The van der Waals surface area contributed by atoms with Crippen LogP contribution in [-0.4, -0.2) is 28.9 Å². The molecule has 0 spiro atoms. The van der Waals surface area contributed by atoms with Gasteiger partial charge in [-0.25, -0.2) is 4.98 Å². The highest BCUT2D eigenvalue weighted by Crippen LogP contribution is 2.33. The Labute approximate surface area is 180 Å². The number of carbonyl (C=O) groups excluding carboxylic acids is 1. The summed E-state index contributed by atoms with van der Waals surface area (Å²) >= 11 is 1.64. The lowest BCUT2D eigenvalue weighted by atomic mass is 9.83. The number of aromatic nitrogens is 2. The van der Waals surface area contributed by atoms with Crippen LogP contribution in [-0.2, 0) is 4.79 Å². The third-order valence-electron chi connectivity index (χ3n) is 5.53. The van der Waals surface area contributed by atoms with Crippen molar-refractivity contribution in [2.75, 3.05) is 17.7 Å². The zero-order valence-electron chi connectivity index (χ0n) is 17.1. The lowest BCUT2D eigenvalue weighted by Gasteiger charge is -2.29. The molecule has 0 bridgehead atoms. The van der Waals surface area contributed by atoms with E-state index in [1.807, 2.05) is 35.7 Å². The zero-order chi connectivity index (χ0) is 20.9. The number of methoxy groups -OCH3 is 1. The average molecular weight is 423 g/mol. The van der Waals surface area contributed by atoms with E-state index in [0.29, 0.717) is 24.3 Å². The van der Waals surface area contributed by atoms with Crippen LogP contribution in [0.15, 0.2) is 48.4 Å². The molecule has 0 aliphatic heterocycles. The summed E-state index contributed by atoms with van der Waals surface area (Å²) in [5.74, 6) is 2.82. The number of hydrogen-bond donors (Lipinski definition) is 2. The fraction of sp³-hybridized carbons (Fsp3) is 0.348. The molecule has 0 radical (unpaired) electrons. The highest BCUT2D eigenvalue weighted by atomic mass is 32.1. The van der Waals surface area contributed by atoms with Crippen LogP contribution in [0.25, 0.3) is 10.2 Å². The highest BCUT2D eigenvalue weighted by molar-refractivity contribution is 7.17. The number of thiophene rings is 1. The summed E-state index contributed by atoms with van der Waals surface area (Å²) in [4.78, 5) is 21.1. The lowest BCUT2D eigenvalue weighted by Crippen LogP contribution is -2.27. The number of ether oxygens (including phenoxy) is 1. The van der Waals surface area contributed by atoms with Crippen LogP contribution in [0, 0.1) is 5.92 Å². The summed E-state index contributed by atoms with van der Waals surface area (Å²) in [6.45, 7) is 3.58. The van der Waals surface area contributed by atoms with E-state index >= 15 is 0 Å². The summed E-state index contributed by atoms with van der Waals surface area (Å²) in [6.07, 6.45) is 6.22. The minimum absolute atomic E-state index is 0.149. The van der Waals surface area contributed by atoms with Gasteiger partial charge in [0.1, 0.15) is 11.6 Å². The van der Waals surface area contributed by atoms with Gasteiger partial charge in [-0.3, -0.25) is 4.79 Å². The normalized spacial score (nSPS) is 18.7. The molecule has 0 unspecified atom stereocenters. The number of nitrogens with one attached hydrogen (secondary N) is 2. The molecule has 1 saturated carbocycles. The zero-order valence-corrected chi connectivity index (χ0v) is 17.9. The van der Waals surface area contributed by atoms with Gasteiger partial charge in [-0.15, -0.1) is 11.3 Å². The van der Waals surface area contributed by atoms with Gasteiger partial charge in [-0.05, 0) is 61.3 Å². The standard InChI is InChI=1S/C23H26N4O2S/c1-3-18(28)13-15-7-9-16(10-8-15)24-22-21-20(11-12-30-21)26-23(27-22)25-17-5-4-6-19(14-17)29-2/h3-6,11-12,14-16H,1,7-10,13H2,2H3,(H2,24,25,26,27). The van der Waals surface area contributed by atoms with Crippen molar-refractivity contribution in [3.63, 3.8) is 0 Å². The summed E-state index contributed by atoms with van der Waals surface area (Å²) in [5, 5.41) is 8.96. The molecule has 30 heavy (non-hydrogen) atoms. The van der Waals surface area contributed by atoms with E-state index in [0.717, 1.165) is 53.2 Å². The predicted octanol–water partition coefficient (Wildman–Crippen LogP) is 5.56. The maximum absolute atomic E-state index is 11.6. The van der Waals surface area contributed by atoms with Crippen molar-refractivity contribution in [1.29, 1.82) is 0 Å². The second-order valence-electron chi connectivity index (χ2n) is 7.62. The number of benzene rings is 1. The van der Waals surface area contributed by atoms with E-state index in [4.69, 9.17) is 9.72 Å². The Morgan fingerprint density at radius 1 is 1.27 bits per heavy atom. The average Bonchev–Trinajstić information content (AvgIpc) is 3.24. The molecule has 1 aliphatic carbocycles. The van der Waals surface area contributed by atoms with Gasteiger partial charge in [0.05, 0.1) is 17.3 Å². The third-order valence-corrected chi connectivity index (χ3v) is 6.44. The maximum atomic E-state index is 11.6. The minimum Gasteiger partial charge on any atom is -0.497 e. The van der Waals surface area contributed by atoms with Gasteiger partial charge in [0.2, 0.25) is 5.95 Å². The van der Waals surface area contributed by atoms with Crippen LogP contribution < -0.4 is 15.4 Å². The molecule has 0 amide bonds. The highest BCUT2D eigenvalue weighted by Gasteiger charge is 2.23. The molecule has 2 N–H and O–H groups in total. The Kier molecular flexibility index (Phi) is 6.28. The van der Waals surface area contributed by atoms with Gasteiger partial charge >= 0.3 is 0 Å². The van der Waals surface area contributed by atoms with Crippen LogP contribution >= 0.6 is 11.3 Å². The smallest absolute Gasteiger partial charge is 0.229 e. The van der Waals surface area contributed by atoms with Crippen molar-refractivity contribution in [2.45, 2.75) is 38.1 Å². The van der Waals surface area contributed by atoms with Gasteiger partial charge < -0.3 is 15.4 Å². The quantitative estimate of drug-likeness (QED) is 0.463. The number of rotatable bonds is 8. The lowest BCUT2D eigenvalue weighted by molar-refractivity contribution is -0.115. The predicted molar refractivity (Wildman–Crippen MR) is 123 cm³/mol. The van der Waals surface area contributed by atoms with Gasteiger partial charge in [0.15, 0.2) is 5.78 Å². The first-order chi connectivity index (χ1) is 14.6. The molecule has 1 fully saturated rings. The molecule has 0 atom stereocenters. The number of fused-ring (bicyclic) bond motifs is 1. The second kappa shape index (κ2) is 9.26. The largest absolute Gasteiger partial charge is 0.497 e. The van der Waals surface area contributed by atoms with Gasteiger partial charge in [-0.2, -0.15) is 4.98 Å². The molecule has 1 aromatic carbocycles. The van der Waals surface area contributed by atoms with E-state index < -0.39 is 0 Å². The molecule has 156 valence electrons. The van der Waals surface area contributed by atoms with E-state index in [9.17, 15) is 4.79 Å². The first kappa shape index (κ1) is 20.3. The van der Waals surface area contributed by atoms with Crippen molar-refractivity contribution >= 4 is 44.8 Å². The van der Waals surface area contributed by atoms with Gasteiger partial charge in [0.25, 0.3) is 0 Å². The topological polar surface area (TPSA) is 76.1 Å². The summed E-state index contributed by atoms with van der Waals surface area (Å²) < 4.78 is 6.36. The number of nitrogens with zero attached hydrogens (tertiary/aromatic N) is 2. The van der Waals surface area contributed by atoms with Crippen molar-refractivity contribution < 1.29 is 9.53 Å². The van der Waals surface area contributed by atoms with Gasteiger partial charge in [0, 0.05) is 24.2 Å². The molecule has 3 aromatic rings. The fourth-order valence-electron chi connectivity index (χ4n) is 3.92. The molecular weight excluding hydrogens is 396 g/mol. The minimum atomic E-state index is 0.149. The van der Waals surface area contributed by atoms with E-state index in [2.05, 4.69) is 22.2 Å².